The molecule has 2 fully saturated rings. The van der Waals surface area contributed by atoms with Crippen LogP contribution in [0.5, 0.6) is 0 Å². The predicted octanol–water partition coefficient (Wildman–Crippen LogP) is 1.40. The summed E-state index contributed by atoms with van der Waals surface area (Å²) in [6, 6.07) is 9.68. The molecule has 2 aliphatic heterocycles. The van der Waals surface area contributed by atoms with Gasteiger partial charge in [-0.05, 0) is 45.7 Å². The van der Waals surface area contributed by atoms with Crippen LogP contribution in [0.1, 0.15) is 33.6 Å². The van der Waals surface area contributed by atoms with Gasteiger partial charge < -0.3 is 30.1 Å². The van der Waals surface area contributed by atoms with E-state index in [4.69, 9.17) is 4.74 Å². The van der Waals surface area contributed by atoms with E-state index in [1.165, 1.54) is 0 Å². The number of hydrogen-bond donors (Lipinski definition) is 2. The summed E-state index contributed by atoms with van der Waals surface area (Å²) in [6.07, 6.45) is 1.03. The van der Waals surface area contributed by atoms with Crippen molar-refractivity contribution in [3.63, 3.8) is 0 Å². The number of anilines is 1. The van der Waals surface area contributed by atoms with Crippen LogP contribution in [0.2, 0.25) is 0 Å². The Balaban J connectivity index is 1.75. The molecular formula is C23H35N5O4. The monoisotopic (exact) mass is 445 g/mol. The van der Waals surface area contributed by atoms with Crippen molar-refractivity contribution in [2.75, 3.05) is 51.5 Å². The number of hydrogen-bond acceptors (Lipinski definition) is 5. The topological polar surface area (TPSA) is 94.2 Å². The first-order valence-electron chi connectivity index (χ1n) is 11.1. The second-order valence-electron chi connectivity index (χ2n) is 9.45. The van der Waals surface area contributed by atoms with E-state index in [1.54, 1.807) is 16.9 Å². The molecule has 32 heavy (non-hydrogen) atoms. The normalized spacial score (nSPS) is 18.2. The zero-order chi connectivity index (χ0) is 23.4. The Morgan fingerprint density at radius 3 is 2.38 bits per heavy atom. The van der Waals surface area contributed by atoms with Crippen LogP contribution in [0.25, 0.3) is 0 Å². The number of nitrogens with zero attached hydrogens (tertiary/aromatic N) is 3. The van der Waals surface area contributed by atoms with E-state index in [9.17, 15) is 14.4 Å². The average molecular weight is 446 g/mol. The van der Waals surface area contributed by atoms with Gasteiger partial charge in [-0.25, -0.2) is 4.79 Å². The molecule has 0 bridgehead atoms. The Morgan fingerprint density at radius 1 is 1.12 bits per heavy atom. The first-order chi connectivity index (χ1) is 15.2. The number of ether oxygens (including phenoxy) is 1. The summed E-state index contributed by atoms with van der Waals surface area (Å²) >= 11 is 0. The van der Waals surface area contributed by atoms with Crippen molar-refractivity contribution in [2.24, 2.45) is 0 Å². The number of benzene rings is 1. The summed E-state index contributed by atoms with van der Waals surface area (Å²) in [7, 11) is 1.58. The van der Waals surface area contributed by atoms with Crippen molar-refractivity contribution < 1.29 is 19.1 Å². The Bertz CT molecular complexity index is 815. The van der Waals surface area contributed by atoms with Gasteiger partial charge in [0, 0.05) is 38.0 Å². The smallest absolute Gasteiger partial charge is 0.317 e. The van der Waals surface area contributed by atoms with Crippen molar-refractivity contribution >= 4 is 23.5 Å². The summed E-state index contributed by atoms with van der Waals surface area (Å²) in [5.74, 6) is -0.262. The number of carbonyl (C=O) groups is 3. The molecular weight excluding hydrogens is 410 g/mol. The van der Waals surface area contributed by atoms with Crippen molar-refractivity contribution in [3.05, 3.63) is 30.3 Å². The number of methoxy groups -OCH3 is 1. The molecule has 2 saturated heterocycles. The van der Waals surface area contributed by atoms with Crippen LogP contribution in [-0.4, -0.2) is 85.3 Å². The van der Waals surface area contributed by atoms with Gasteiger partial charge in [-0.3, -0.25) is 9.59 Å². The van der Waals surface area contributed by atoms with E-state index in [0.717, 1.165) is 5.69 Å². The number of carbonyl (C=O) groups excluding carboxylic acids is 3. The maximum absolute atomic E-state index is 13.6. The fourth-order valence-electron chi connectivity index (χ4n) is 4.32. The van der Waals surface area contributed by atoms with Gasteiger partial charge in [-0.1, -0.05) is 18.2 Å². The molecule has 2 heterocycles. The number of rotatable bonds is 6. The molecule has 2 aliphatic rings. The van der Waals surface area contributed by atoms with E-state index in [1.807, 2.05) is 51.1 Å². The van der Waals surface area contributed by atoms with Gasteiger partial charge in [0.05, 0.1) is 13.3 Å². The lowest BCUT2D eigenvalue weighted by atomic mass is 9.85. The highest BCUT2D eigenvalue weighted by Gasteiger charge is 2.54. The van der Waals surface area contributed by atoms with Gasteiger partial charge in [-0.15, -0.1) is 0 Å². The standard InChI is InChI=1S/C23H35N5O4/c1-22(2,3)25-21(31)26-13-10-23(11-14-26)20(30)27(16-19(29)24-12-15-32-4)17-28(23)18-8-6-5-7-9-18/h5-9H,10-17H2,1-4H3,(H,24,29)(H,25,31). The third-order valence-electron chi connectivity index (χ3n) is 5.90. The molecule has 0 radical (unpaired) electrons. The highest BCUT2D eigenvalue weighted by molar-refractivity contribution is 5.96. The van der Waals surface area contributed by atoms with Crippen molar-refractivity contribution in [2.45, 2.75) is 44.7 Å². The van der Waals surface area contributed by atoms with Crippen LogP contribution >= 0.6 is 0 Å². The second kappa shape index (κ2) is 9.77. The zero-order valence-corrected chi connectivity index (χ0v) is 19.5. The van der Waals surface area contributed by atoms with Crippen LogP contribution in [0.4, 0.5) is 10.5 Å². The lowest BCUT2D eigenvalue weighted by molar-refractivity contribution is -0.137. The van der Waals surface area contributed by atoms with Gasteiger partial charge in [-0.2, -0.15) is 0 Å². The Morgan fingerprint density at radius 2 is 1.78 bits per heavy atom. The number of amides is 4. The zero-order valence-electron chi connectivity index (χ0n) is 19.5. The molecule has 1 aromatic rings. The van der Waals surface area contributed by atoms with Crippen molar-refractivity contribution in [3.8, 4) is 0 Å². The fraction of sp³-hybridized carbons (Fsp3) is 0.609. The third kappa shape index (κ3) is 5.32. The molecule has 2 N–H and O–H groups in total. The molecule has 3 rings (SSSR count). The molecule has 4 amide bonds. The number of para-hydroxylation sites is 1. The van der Waals surface area contributed by atoms with Crippen molar-refractivity contribution in [1.29, 1.82) is 0 Å². The summed E-state index contributed by atoms with van der Waals surface area (Å²) in [4.78, 5) is 44.1. The van der Waals surface area contributed by atoms with E-state index in [0.29, 0.717) is 45.8 Å². The molecule has 1 spiro atoms. The molecule has 9 heteroatoms. The lowest BCUT2D eigenvalue weighted by Crippen LogP contribution is -2.59. The average Bonchev–Trinajstić information content (AvgIpc) is 3.00. The SMILES string of the molecule is COCCNC(=O)CN1CN(c2ccccc2)C2(CCN(C(=O)NC(C)(C)C)CC2)C1=O. The number of urea groups is 1. The first-order valence-corrected chi connectivity index (χ1v) is 11.1. The number of piperidine rings is 1. The van der Waals surface area contributed by atoms with Crippen LogP contribution < -0.4 is 15.5 Å². The molecule has 176 valence electrons. The molecule has 1 aromatic carbocycles. The number of likely N-dealkylation sites (tertiary alicyclic amines) is 1. The van der Waals surface area contributed by atoms with Gasteiger partial charge in [0.1, 0.15) is 12.1 Å². The summed E-state index contributed by atoms with van der Waals surface area (Å²) in [6.45, 7) is 7.97. The van der Waals surface area contributed by atoms with Crippen LogP contribution in [-0.2, 0) is 14.3 Å². The van der Waals surface area contributed by atoms with E-state index >= 15 is 0 Å². The third-order valence-corrected chi connectivity index (χ3v) is 5.90. The van der Waals surface area contributed by atoms with E-state index in [2.05, 4.69) is 15.5 Å². The Labute approximate surface area is 190 Å². The van der Waals surface area contributed by atoms with Gasteiger partial charge in [0.25, 0.3) is 5.91 Å². The Kier molecular flexibility index (Phi) is 7.28. The molecule has 0 aliphatic carbocycles. The quantitative estimate of drug-likeness (QED) is 0.646. The van der Waals surface area contributed by atoms with Crippen LogP contribution in [0.3, 0.4) is 0 Å². The van der Waals surface area contributed by atoms with E-state index < -0.39 is 5.54 Å². The number of nitrogens with one attached hydrogen (secondary N) is 2. The van der Waals surface area contributed by atoms with Gasteiger partial charge >= 0.3 is 6.03 Å². The minimum atomic E-state index is -0.757. The minimum absolute atomic E-state index is 0.00184. The minimum Gasteiger partial charge on any atom is -0.383 e. The maximum Gasteiger partial charge on any atom is 0.317 e. The van der Waals surface area contributed by atoms with Crippen molar-refractivity contribution in [1.82, 2.24) is 20.4 Å². The van der Waals surface area contributed by atoms with Gasteiger partial charge in [0.2, 0.25) is 5.91 Å². The highest BCUT2D eigenvalue weighted by atomic mass is 16.5. The molecule has 0 aromatic heterocycles. The second-order valence-corrected chi connectivity index (χ2v) is 9.45. The maximum atomic E-state index is 13.6. The largest absolute Gasteiger partial charge is 0.383 e. The molecule has 0 atom stereocenters. The summed E-state index contributed by atoms with van der Waals surface area (Å²) < 4.78 is 4.97. The Hall–Kier alpha value is -2.81. The highest BCUT2D eigenvalue weighted by Crippen LogP contribution is 2.39. The molecule has 0 unspecified atom stereocenters. The molecule has 9 nitrogen and oxygen atoms in total. The molecule has 0 saturated carbocycles. The fourth-order valence-corrected chi connectivity index (χ4v) is 4.32. The van der Waals surface area contributed by atoms with Crippen LogP contribution in [0.15, 0.2) is 30.3 Å². The summed E-state index contributed by atoms with van der Waals surface area (Å²) in [5, 5.41) is 5.78. The van der Waals surface area contributed by atoms with Crippen LogP contribution in [0, 0.1) is 0 Å². The van der Waals surface area contributed by atoms with Gasteiger partial charge in [0.15, 0.2) is 0 Å². The lowest BCUT2D eigenvalue weighted by Gasteiger charge is -2.43. The summed E-state index contributed by atoms with van der Waals surface area (Å²) in [5.41, 5.74) is -0.138. The van der Waals surface area contributed by atoms with E-state index in [-0.39, 0.29) is 29.9 Å². The predicted molar refractivity (Wildman–Crippen MR) is 122 cm³/mol. The first kappa shape index (κ1) is 23.8.